The standard InChI is InChI=1S/C26H33FN4O4/c1-7-26(10-12-31(13-11-26)18(5)32)29-25(35)23(33)22-16(3)21(17(4)30(22)6)24(34)28-19-8-9-20(27)15(2)14-19/h8-9,14H,7,10-13H2,1-6H3,(H,28,34)(H,29,35). The van der Waals surface area contributed by atoms with Crippen molar-refractivity contribution in [3.05, 3.63) is 52.1 Å². The average molecular weight is 485 g/mol. The molecule has 2 heterocycles. The topological polar surface area (TPSA) is 101 Å². The van der Waals surface area contributed by atoms with Crippen LogP contribution in [-0.4, -0.2) is 51.6 Å². The van der Waals surface area contributed by atoms with Crippen LogP contribution in [0.5, 0.6) is 0 Å². The minimum atomic E-state index is -0.729. The highest BCUT2D eigenvalue weighted by atomic mass is 19.1. The number of rotatable bonds is 6. The monoisotopic (exact) mass is 484 g/mol. The first-order valence-corrected chi connectivity index (χ1v) is 11.8. The first-order chi connectivity index (χ1) is 16.4. The molecule has 3 rings (SSSR count). The van der Waals surface area contributed by atoms with Crippen molar-refractivity contribution in [2.24, 2.45) is 7.05 Å². The highest BCUT2D eigenvalue weighted by molar-refractivity contribution is 6.43. The third-order valence-electron chi connectivity index (χ3n) is 7.22. The van der Waals surface area contributed by atoms with Crippen LogP contribution in [0.2, 0.25) is 0 Å². The summed E-state index contributed by atoms with van der Waals surface area (Å²) in [6.45, 7) is 9.46. The molecule has 1 saturated heterocycles. The number of nitrogens with zero attached hydrogens (tertiary/aromatic N) is 2. The second kappa shape index (κ2) is 10.0. The van der Waals surface area contributed by atoms with E-state index in [-0.39, 0.29) is 17.4 Å². The summed E-state index contributed by atoms with van der Waals surface area (Å²) < 4.78 is 15.1. The SMILES string of the molecule is CCC1(NC(=O)C(=O)c2c(C)c(C(=O)Nc3ccc(F)c(C)c3)c(C)n2C)CCN(C(C)=O)CC1. The highest BCUT2D eigenvalue weighted by Gasteiger charge is 2.38. The van der Waals surface area contributed by atoms with Crippen molar-refractivity contribution in [2.75, 3.05) is 18.4 Å². The number of benzene rings is 1. The van der Waals surface area contributed by atoms with E-state index in [1.165, 1.54) is 25.1 Å². The van der Waals surface area contributed by atoms with Gasteiger partial charge in [-0.3, -0.25) is 19.2 Å². The molecule has 1 aromatic carbocycles. The normalized spacial score (nSPS) is 15.0. The summed E-state index contributed by atoms with van der Waals surface area (Å²) in [7, 11) is 1.64. The lowest BCUT2D eigenvalue weighted by molar-refractivity contribution is -0.130. The molecule has 1 aromatic heterocycles. The Labute approximate surface area is 204 Å². The number of ketones is 1. The Morgan fingerprint density at radius 2 is 1.71 bits per heavy atom. The van der Waals surface area contributed by atoms with Crippen molar-refractivity contribution in [1.82, 2.24) is 14.8 Å². The molecule has 0 aliphatic carbocycles. The molecule has 0 radical (unpaired) electrons. The van der Waals surface area contributed by atoms with Gasteiger partial charge in [0.25, 0.3) is 17.6 Å². The number of carbonyl (C=O) groups excluding carboxylic acids is 4. The van der Waals surface area contributed by atoms with Crippen LogP contribution in [0.15, 0.2) is 18.2 Å². The van der Waals surface area contributed by atoms with Crippen LogP contribution in [0.1, 0.15) is 70.8 Å². The molecule has 0 bridgehead atoms. The van der Waals surface area contributed by atoms with Crippen LogP contribution in [-0.2, 0) is 16.6 Å². The quantitative estimate of drug-likeness (QED) is 0.485. The van der Waals surface area contributed by atoms with E-state index in [2.05, 4.69) is 10.6 Å². The maximum atomic E-state index is 13.6. The van der Waals surface area contributed by atoms with E-state index in [1.807, 2.05) is 6.92 Å². The number of amides is 3. The van der Waals surface area contributed by atoms with Crippen LogP contribution < -0.4 is 10.6 Å². The molecule has 2 N–H and O–H groups in total. The second-order valence-electron chi connectivity index (χ2n) is 9.33. The maximum absolute atomic E-state index is 13.6. The third-order valence-corrected chi connectivity index (χ3v) is 7.22. The molecule has 1 aliphatic heterocycles. The van der Waals surface area contributed by atoms with Crippen LogP contribution >= 0.6 is 0 Å². The van der Waals surface area contributed by atoms with Gasteiger partial charge in [0.2, 0.25) is 5.91 Å². The molecule has 188 valence electrons. The number of aryl methyl sites for hydroxylation is 1. The molecule has 35 heavy (non-hydrogen) atoms. The first kappa shape index (κ1) is 26.1. The highest BCUT2D eigenvalue weighted by Crippen LogP contribution is 2.27. The Morgan fingerprint density at radius 3 is 2.26 bits per heavy atom. The summed E-state index contributed by atoms with van der Waals surface area (Å²) in [5, 5.41) is 5.68. The van der Waals surface area contributed by atoms with Crippen molar-refractivity contribution in [3.8, 4) is 0 Å². The zero-order valence-corrected chi connectivity index (χ0v) is 21.2. The molecule has 0 saturated carbocycles. The van der Waals surface area contributed by atoms with Gasteiger partial charge in [-0.05, 0) is 69.4 Å². The molecule has 8 nitrogen and oxygen atoms in total. The summed E-state index contributed by atoms with van der Waals surface area (Å²) in [6, 6.07) is 4.27. The lowest BCUT2D eigenvalue weighted by Crippen LogP contribution is -2.57. The van der Waals surface area contributed by atoms with E-state index < -0.39 is 23.1 Å². The summed E-state index contributed by atoms with van der Waals surface area (Å²) in [5.41, 5.74) is 1.65. The van der Waals surface area contributed by atoms with Gasteiger partial charge in [-0.25, -0.2) is 4.39 Å². The number of hydrogen-bond acceptors (Lipinski definition) is 4. The number of nitrogens with one attached hydrogen (secondary N) is 2. The van der Waals surface area contributed by atoms with Crippen LogP contribution in [0.25, 0.3) is 0 Å². The average Bonchev–Trinajstić information content (AvgIpc) is 3.03. The van der Waals surface area contributed by atoms with Crippen molar-refractivity contribution in [2.45, 2.75) is 59.4 Å². The van der Waals surface area contributed by atoms with Gasteiger partial charge < -0.3 is 20.1 Å². The van der Waals surface area contributed by atoms with Gasteiger partial charge in [0.1, 0.15) is 5.82 Å². The fraction of sp³-hybridized carbons (Fsp3) is 0.462. The molecule has 1 fully saturated rings. The summed E-state index contributed by atoms with van der Waals surface area (Å²) >= 11 is 0. The zero-order valence-electron chi connectivity index (χ0n) is 21.2. The molecule has 2 aromatic rings. The van der Waals surface area contributed by atoms with Gasteiger partial charge in [-0.15, -0.1) is 0 Å². The van der Waals surface area contributed by atoms with Gasteiger partial charge >= 0.3 is 0 Å². The third kappa shape index (κ3) is 5.13. The number of carbonyl (C=O) groups is 4. The van der Waals surface area contributed by atoms with Crippen molar-refractivity contribution >= 4 is 29.2 Å². The number of aromatic nitrogens is 1. The van der Waals surface area contributed by atoms with E-state index in [9.17, 15) is 23.6 Å². The minimum absolute atomic E-state index is 0.00591. The number of piperidine rings is 1. The molecule has 0 atom stereocenters. The Kier molecular flexibility index (Phi) is 7.47. The van der Waals surface area contributed by atoms with E-state index in [0.29, 0.717) is 60.4 Å². The largest absolute Gasteiger partial charge is 0.344 e. The summed E-state index contributed by atoms with van der Waals surface area (Å²) in [6.07, 6.45) is 1.77. The number of halogens is 1. The molecule has 9 heteroatoms. The Balaban J connectivity index is 1.82. The van der Waals surface area contributed by atoms with E-state index >= 15 is 0 Å². The molecule has 3 amide bonds. The smallest absolute Gasteiger partial charge is 0.294 e. The lowest BCUT2D eigenvalue weighted by Gasteiger charge is -2.41. The number of hydrogen-bond donors (Lipinski definition) is 2. The summed E-state index contributed by atoms with van der Waals surface area (Å²) in [5.74, 6) is -2.26. The Hall–Kier alpha value is -3.49. The number of likely N-dealkylation sites (tertiary alicyclic amines) is 1. The second-order valence-corrected chi connectivity index (χ2v) is 9.33. The molecule has 1 aliphatic rings. The predicted molar refractivity (Wildman–Crippen MR) is 131 cm³/mol. The Bertz CT molecular complexity index is 1190. The van der Waals surface area contributed by atoms with Crippen molar-refractivity contribution in [1.29, 1.82) is 0 Å². The number of anilines is 1. The van der Waals surface area contributed by atoms with E-state index in [0.717, 1.165) is 0 Å². The van der Waals surface area contributed by atoms with Gasteiger partial charge in [0.15, 0.2) is 0 Å². The molecule has 0 spiro atoms. The van der Waals surface area contributed by atoms with Crippen molar-refractivity contribution in [3.63, 3.8) is 0 Å². The fourth-order valence-electron chi connectivity index (χ4n) is 4.77. The molecular weight excluding hydrogens is 451 g/mol. The van der Waals surface area contributed by atoms with Crippen LogP contribution in [0, 0.1) is 26.6 Å². The number of Topliss-reactive ketones (excluding diaryl/α,β-unsaturated/α-hetero) is 1. The van der Waals surface area contributed by atoms with Gasteiger partial charge in [0, 0.05) is 44.0 Å². The fourth-order valence-corrected chi connectivity index (χ4v) is 4.77. The summed E-state index contributed by atoms with van der Waals surface area (Å²) in [4.78, 5) is 52.7. The zero-order chi connectivity index (χ0) is 26.1. The van der Waals surface area contributed by atoms with E-state index in [1.54, 1.807) is 37.3 Å². The van der Waals surface area contributed by atoms with Gasteiger partial charge in [0.05, 0.1) is 11.3 Å². The van der Waals surface area contributed by atoms with Crippen LogP contribution in [0.4, 0.5) is 10.1 Å². The molecular formula is C26H33FN4O4. The maximum Gasteiger partial charge on any atom is 0.294 e. The van der Waals surface area contributed by atoms with Gasteiger partial charge in [-0.1, -0.05) is 6.92 Å². The lowest BCUT2D eigenvalue weighted by atomic mass is 9.84. The van der Waals surface area contributed by atoms with Crippen LogP contribution in [0.3, 0.4) is 0 Å². The molecule has 0 unspecified atom stereocenters. The predicted octanol–water partition coefficient (Wildman–Crippen LogP) is 3.43. The van der Waals surface area contributed by atoms with E-state index in [4.69, 9.17) is 0 Å². The van der Waals surface area contributed by atoms with Crippen molar-refractivity contribution < 1.29 is 23.6 Å². The Morgan fingerprint density at radius 1 is 1.09 bits per heavy atom. The van der Waals surface area contributed by atoms with Gasteiger partial charge in [-0.2, -0.15) is 0 Å². The minimum Gasteiger partial charge on any atom is -0.344 e. The first-order valence-electron chi connectivity index (χ1n) is 11.8.